The Morgan fingerprint density at radius 1 is 1.36 bits per heavy atom. The summed E-state index contributed by atoms with van der Waals surface area (Å²) < 4.78 is 36.3. The lowest BCUT2D eigenvalue weighted by Gasteiger charge is -2.38. The maximum atomic E-state index is 12.1. The van der Waals surface area contributed by atoms with Crippen molar-refractivity contribution in [3.05, 3.63) is 0 Å². The molecule has 1 fully saturated rings. The van der Waals surface area contributed by atoms with Crippen molar-refractivity contribution >= 4 is 5.91 Å². The van der Waals surface area contributed by atoms with E-state index in [0.717, 1.165) is 4.90 Å². The average Bonchev–Trinajstić information content (AvgIpc) is 2.01. The van der Waals surface area contributed by atoms with E-state index in [1.807, 2.05) is 11.9 Å². The van der Waals surface area contributed by atoms with E-state index >= 15 is 0 Å². The van der Waals surface area contributed by atoms with Gasteiger partial charge in [0.05, 0.1) is 0 Å². The second kappa shape index (κ2) is 3.76. The van der Waals surface area contributed by atoms with Crippen LogP contribution in [0.5, 0.6) is 0 Å². The van der Waals surface area contributed by atoms with Gasteiger partial charge in [0.1, 0.15) is 0 Å². The van der Waals surface area contributed by atoms with Crippen molar-refractivity contribution in [3.63, 3.8) is 0 Å². The number of carbonyl (C=O) groups is 1. The fourth-order valence-corrected chi connectivity index (χ4v) is 1.60. The maximum absolute atomic E-state index is 12.1. The number of amides is 1. The smallest absolute Gasteiger partial charge is 0.330 e. The lowest BCUT2D eigenvalue weighted by molar-refractivity contribution is -0.189. The molecular weight excluding hydrogens is 197 g/mol. The molecule has 0 saturated carbocycles. The molecule has 1 saturated heterocycles. The van der Waals surface area contributed by atoms with E-state index in [-0.39, 0.29) is 12.6 Å². The van der Waals surface area contributed by atoms with Crippen LogP contribution in [0.25, 0.3) is 0 Å². The number of hydrogen-bond acceptors (Lipinski definition) is 2. The molecule has 0 aromatic carbocycles. The predicted octanol–water partition coefficient (Wildman–Crippen LogP) is 0.711. The third-order valence-corrected chi connectivity index (χ3v) is 2.33. The number of halogens is 3. The van der Waals surface area contributed by atoms with E-state index < -0.39 is 12.1 Å². The molecule has 6 heteroatoms. The van der Waals surface area contributed by atoms with E-state index in [2.05, 4.69) is 0 Å². The van der Waals surface area contributed by atoms with E-state index in [1.165, 1.54) is 0 Å². The summed E-state index contributed by atoms with van der Waals surface area (Å²) in [6.45, 7) is 2.75. The van der Waals surface area contributed by atoms with Crippen molar-refractivity contribution in [3.8, 4) is 0 Å². The first-order chi connectivity index (χ1) is 6.32. The van der Waals surface area contributed by atoms with Crippen LogP contribution in [-0.2, 0) is 4.79 Å². The second-order valence-corrected chi connectivity index (χ2v) is 3.61. The summed E-state index contributed by atoms with van der Waals surface area (Å²) >= 11 is 0. The lowest BCUT2D eigenvalue weighted by Crippen LogP contribution is -2.56. The minimum absolute atomic E-state index is 0.149. The maximum Gasteiger partial charge on any atom is 0.471 e. The van der Waals surface area contributed by atoms with Gasteiger partial charge in [0.25, 0.3) is 0 Å². The summed E-state index contributed by atoms with van der Waals surface area (Å²) in [4.78, 5) is 13.7. The summed E-state index contributed by atoms with van der Waals surface area (Å²) in [6, 6.07) is -0.372. The van der Waals surface area contributed by atoms with Crippen LogP contribution in [0, 0.1) is 0 Å². The predicted molar refractivity (Wildman–Crippen MR) is 44.7 cm³/mol. The quantitative estimate of drug-likeness (QED) is 0.588. The van der Waals surface area contributed by atoms with Crippen LogP contribution < -0.4 is 0 Å². The van der Waals surface area contributed by atoms with Crippen molar-refractivity contribution < 1.29 is 18.0 Å². The molecule has 1 aliphatic rings. The summed E-state index contributed by atoms with van der Waals surface area (Å²) in [5.74, 6) is -1.72. The first kappa shape index (κ1) is 11.3. The zero-order valence-corrected chi connectivity index (χ0v) is 8.14. The molecule has 0 spiro atoms. The number of piperazine rings is 1. The van der Waals surface area contributed by atoms with Gasteiger partial charge in [-0.05, 0) is 14.0 Å². The van der Waals surface area contributed by atoms with Crippen LogP contribution in [0.3, 0.4) is 0 Å². The van der Waals surface area contributed by atoms with Gasteiger partial charge in [-0.3, -0.25) is 4.79 Å². The summed E-state index contributed by atoms with van der Waals surface area (Å²) in [6.07, 6.45) is -4.75. The molecule has 1 atom stereocenters. The number of hydrogen-bond donors (Lipinski definition) is 0. The zero-order valence-electron chi connectivity index (χ0n) is 8.14. The van der Waals surface area contributed by atoms with Gasteiger partial charge in [-0.25, -0.2) is 0 Å². The highest BCUT2D eigenvalue weighted by molar-refractivity contribution is 5.82. The van der Waals surface area contributed by atoms with Crippen LogP contribution in [0.15, 0.2) is 0 Å². The third kappa shape index (κ3) is 2.37. The average molecular weight is 210 g/mol. The third-order valence-electron chi connectivity index (χ3n) is 2.33. The standard InChI is InChI=1S/C8H13F3N2O/c1-6-5-12(2)3-4-13(6)7(14)8(9,10)11/h6H,3-5H2,1-2H3/t6-/m1/s1. The number of likely N-dealkylation sites (N-methyl/N-ethyl adjacent to an activating group) is 1. The van der Waals surface area contributed by atoms with Gasteiger partial charge >= 0.3 is 12.1 Å². The topological polar surface area (TPSA) is 23.6 Å². The van der Waals surface area contributed by atoms with E-state index in [1.54, 1.807) is 6.92 Å². The molecule has 0 bridgehead atoms. The van der Waals surface area contributed by atoms with Gasteiger partial charge in [0, 0.05) is 25.7 Å². The molecule has 0 N–H and O–H groups in total. The molecule has 1 rings (SSSR count). The number of rotatable bonds is 0. The molecule has 0 unspecified atom stereocenters. The van der Waals surface area contributed by atoms with Gasteiger partial charge in [0.15, 0.2) is 0 Å². The summed E-state index contributed by atoms with van der Waals surface area (Å²) in [5.41, 5.74) is 0. The molecule has 14 heavy (non-hydrogen) atoms. The van der Waals surface area contributed by atoms with E-state index in [4.69, 9.17) is 0 Å². The van der Waals surface area contributed by atoms with Gasteiger partial charge in [-0.2, -0.15) is 13.2 Å². The minimum Gasteiger partial charge on any atom is -0.330 e. The SMILES string of the molecule is C[C@@H]1CN(C)CCN1C(=O)C(F)(F)F. The Morgan fingerprint density at radius 3 is 2.36 bits per heavy atom. The van der Waals surface area contributed by atoms with Crippen molar-refractivity contribution in [2.75, 3.05) is 26.7 Å². The summed E-state index contributed by atoms with van der Waals surface area (Å²) in [7, 11) is 1.83. The molecule has 1 amide bonds. The molecule has 0 radical (unpaired) electrons. The van der Waals surface area contributed by atoms with Crippen LogP contribution in [-0.4, -0.2) is 54.6 Å². The highest BCUT2D eigenvalue weighted by Gasteiger charge is 2.44. The largest absolute Gasteiger partial charge is 0.471 e. The number of alkyl halides is 3. The van der Waals surface area contributed by atoms with Crippen LogP contribution in [0.4, 0.5) is 13.2 Å². The molecule has 1 heterocycles. The minimum atomic E-state index is -4.75. The van der Waals surface area contributed by atoms with E-state index in [0.29, 0.717) is 13.1 Å². The van der Waals surface area contributed by atoms with Crippen LogP contribution in [0.2, 0.25) is 0 Å². The van der Waals surface area contributed by atoms with Gasteiger partial charge in [-0.1, -0.05) is 0 Å². The Kier molecular flexibility index (Phi) is 3.04. The van der Waals surface area contributed by atoms with Gasteiger partial charge < -0.3 is 9.80 Å². The van der Waals surface area contributed by atoms with Crippen LogP contribution in [0.1, 0.15) is 6.92 Å². The first-order valence-electron chi connectivity index (χ1n) is 4.38. The highest BCUT2D eigenvalue weighted by Crippen LogP contribution is 2.21. The summed E-state index contributed by atoms with van der Waals surface area (Å²) in [5, 5.41) is 0. The second-order valence-electron chi connectivity index (χ2n) is 3.61. The Hall–Kier alpha value is -0.780. The van der Waals surface area contributed by atoms with Crippen molar-refractivity contribution in [2.45, 2.75) is 19.1 Å². The van der Waals surface area contributed by atoms with Gasteiger partial charge in [0.2, 0.25) is 0 Å². The molecule has 0 aromatic rings. The molecule has 0 aromatic heterocycles. The molecular formula is C8H13F3N2O. The Balaban J connectivity index is 2.65. The number of nitrogens with zero attached hydrogens (tertiary/aromatic N) is 2. The van der Waals surface area contributed by atoms with Gasteiger partial charge in [-0.15, -0.1) is 0 Å². The molecule has 1 aliphatic heterocycles. The Morgan fingerprint density at radius 2 is 1.93 bits per heavy atom. The Bertz CT molecular complexity index is 229. The molecule has 0 aliphatic carbocycles. The monoisotopic (exact) mass is 210 g/mol. The fourth-order valence-electron chi connectivity index (χ4n) is 1.60. The normalized spacial score (nSPS) is 25.2. The van der Waals surface area contributed by atoms with E-state index in [9.17, 15) is 18.0 Å². The van der Waals surface area contributed by atoms with Crippen molar-refractivity contribution in [1.82, 2.24) is 9.80 Å². The van der Waals surface area contributed by atoms with Crippen molar-refractivity contribution in [1.29, 1.82) is 0 Å². The molecule has 82 valence electrons. The Labute approximate surface area is 80.5 Å². The number of carbonyl (C=O) groups excluding carboxylic acids is 1. The highest BCUT2D eigenvalue weighted by atomic mass is 19.4. The zero-order chi connectivity index (χ0) is 10.9. The first-order valence-corrected chi connectivity index (χ1v) is 4.38. The van der Waals surface area contributed by atoms with Crippen molar-refractivity contribution in [2.24, 2.45) is 0 Å². The fraction of sp³-hybridized carbons (Fsp3) is 0.875. The van der Waals surface area contributed by atoms with Crippen LogP contribution >= 0.6 is 0 Å². The lowest BCUT2D eigenvalue weighted by atomic mass is 10.2. The molecule has 3 nitrogen and oxygen atoms in total.